The Labute approximate surface area is 182 Å². The van der Waals surface area contributed by atoms with Gasteiger partial charge < -0.3 is 29.6 Å². The van der Waals surface area contributed by atoms with E-state index in [2.05, 4.69) is 0 Å². The maximum atomic E-state index is 10.1. The predicted molar refractivity (Wildman–Crippen MR) is 110 cm³/mol. The van der Waals surface area contributed by atoms with Crippen molar-refractivity contribution in [2.75, 3.05) is 38.0 Å². The van der Waals surface area contributed by atoms with Gasteiger partial charge in [-0.3, -0.25) is 0 Å². The number of anilines is 2. The summed E-state index contributed by atoms with van der Waals surface area (Å²) in [6, 6.07) is 15.1. The van der Waals surface area contributed by atoms with Crippen molar-refractivity contribution in [3.8, 4) is 0 Å². The van der Waals surface area contributed by atoms with Gasteiger partial charge in [0.1, 0.15) is 0 Å². The average molecular weight is 444 g/mol. The third-order valence-corrected chi connectivity index (χ3v) is 3.64. The smallest absolute Gasteiger partial charge is 0.545 e. The summed E-state index contributed by atoms with van der Waals surface area (Å²) in [5.41, 5.74) is 3.85. The number of rotatable bonds is 6. The molecule has 157 valence electrons. The number of hydrogen-bond donors (Lipinski definition) is 0. The Morgan fingerprint density at radius 2 is 0.931 bits per heavy atom. The van der Waals surface area contributed by atoms with Crippen LogP contribution in [0.15, 0.2) is 60.7 Å². The van der Waals surface area contributed by atoms with E-state index in [1.165, 1.54) is 12.2 Å². The molecule has 0 bridgehead atoms. The van der Waals surface area contributed by atoms with Crippen LogP contribution in [0.4, 0.5) is 11.4 Å². The fourth-order valence-corrected chi connectivity index (χ4v) is 2.10. The van der Waals surface area contributed by atoms with E-state index in [-0.39, 0.29) is 17.1 Å². The van der Waals surface area contributed by atoms with Crippen molar-refractivity contribution in [2.45, 2.75) is 0 Å². The molecule has 0 aliphatic rings. The molecule has 0 saturated heterocycles. The third-order valence-electron chi connectivity index (χ3n) is 3.64. The Bertz CT molecular complexity index is 755. The molecule has 0 heterocycles. The van der Waals surface area contributed by atoms with Gasteiger partial charge in [0.2, 0.25) is 0 Å². The van der Waals surface area contributed by atoms with E-state index in [4.69, 9.17) is 0 Å². The van der Waals surface area contributed by atoms with Crippen LogP contribution in [0.25, 0.3) is 12.2 Å². The molecule has 0 N–H and O–H groups in total. The Kier molecular flexibility index (Phi) is 11.8. The Balaban J connectivity index is 0.000000523. The van der Waals surface area contributed by atoms with E-state index in [1.807, 2.05) is 86.5 Å². The predicted octanol–water partition coefficient (Wildman–Crippen LogP) is 1.03. The van der Waals surface area contributed by atoms with E-state index >= 15 is 0 Å². The molecule has 1 radical (unpaired) electrons. The molecule has 6 nitrogen and oxygen atoms in total. The summed E-state index contributed by atoms with van der Waals surface area (Å²) in [7, 11) is 7.80. The molecular formula is C22H24CuN2O4. The molecule has 0 aliphatic heterocycles. The summed E-state index contributed by atoms with van der Waals surface area (Å²) in [4.78, 5) is 24.2. The summed E-state index contributed by atoms with van der Waals surface area (Å²) >= 11 is 0. The van der Waals surface area contributed by atoms with Gasteiger partial charge in [-0.15, -0.1) is 0 Å². The molecule has 2 aromatic carbocycles. The number of benzene rings is 2. The van der Waals surface area contributed by atoms with E-state index in [9.17, 15) is 19.8 Å². The fourth-order valence-electron chi connectivity index (χ4n) is 2.10. The van der Waals surface area contributed by atoms with E-state index < -0.39 is 11.9 Å². The summed E-state index contributed by atoms with van der Waals surface area (Å²) in [6.07, 6.45) is 5.05. The average Bonchev–Trinajstić information content (AvgIpc) is 2.65. The zero-order valence-corrected chi connectivity index (χ0v) is 17.7. The van der Waals surface area contributed by atoms with Gasteiger partial charge in [-0.2, -0.15) is 0 Å². The molecular weight excluding hydrogens is 420 g/mol. The first kappa shape index (κ1) is 26.0. The number of carboxylic acid groups (broad SMARTS) is 2. The van der Waals surface area contributed by atoms with Crippen molar-refractivity contribution in [2.24, 2.45) is 0 Å². The summed E-state index contributed by atoms with van der Waals surface area (Å²) in [6.45, 7) is 0. The standard InChI is InChI=1S/2C11H13NO2.Cu/c2*1-12(2)10-6-3-9(4-7-10)5-8-11(13)14;/h2*3-8H,1-2H3,(H,13,14);/q;;+2/p-2/b2*8-5+;. The zero-order chi connectivity index (χ0) is 21.1. The van der Waals surface area contributed by atoms with Gasteiger partial charge >= 0.3 is 17.1 Å². The quantitative estimate of drug-likeness (QED) is 0.489. The van der Waals surface area contributed by atoms with E-state index in [0.717, 1.165) is 34.7 Å². The van der Waals surface area contributed by atoms with E-state index in [1.54, 1.807) is 0 Å². The van der Waals surface area contributed by atoms with Crippen molar-refractivity contribution < 1.29 is 36.9 Å². The number of carbonyl (C=O) groups excluding carboxylic acids is 2. The van der Waals surface area contributed by atoms with Crippen molar-refractivity contribution in [1.82, 2.24) is 0 Å². The zero-order valence-electron chi connectivity index (χ0n) is 16.8. The molecule has 0 spiro atoms. The molecule has 0 amide bonds. The maximum Gasteiger partial charge on any atom is 2.00 e. The number of nitrogens with zero attached hydrogens (tertiary/aromatic N) is 2. The van der Waals surface area contributed by atoms with Crippen molar-refractivity contribution in [3.05, 3.63) is 71.8 Å². The van der Waals surface area contributed by atoms with Gasteiger partial charge in [0.05, 0.1) is 11.9 Å². The van der Waals surface area contributed by atoms with Gasteiger partial charge in [0.15, 0.2) is 0 Å². The Morgan fingerprint density at radius 1 is 0.655 bits per heavy atom. The van der Waals surface area contributed by atoms with Crippen LogP contribution in [0, 0.1) is 0 Å². The number of hydrogen-bond acceptors (Lipinski definition) is 6. The normalized spacial score (nSPS) is 10.1. The molecule has 7 heteroatoms. The van der Waals surface area contributed by atoms with Gasteiger partial charge in [-0.05, 0) is 47.5 Å². The van der Waals surface area contributed by atoms with Crippen LogP contribution < -0.4 is 20.0 Å². The van der Waals surface area contributed by atoms with Crippen LogP contribution in [-0.2, 0) is 26.7 Å². The van der Waals surface area contributed by atoms with Crippen LogP contribution in [0.1, 0.15) is 11.1 Å². The molecule has 2 aromatic rings. The molecule has 0 aliphatic carbocycles. The number of aliphatic carboxylic acids is 2. The van der Waals surface area contributed by atoms with Crippen LogP contribution in [-0.4, -0.2) is 40.1 Å². The maximum absolute atomic E-state index is 10.1. The van der Waals surface area contributed by atoms with Crippen molar-refractivity contribution in [1.29, 1.82) is 0 Å². The Morgan fingerprint density at radius 3 is 1.14 bits per heavy atom. The van der Waals surface area contributed by atoms with Crippen molar-refractivity contribution in [3.63, 3.8) is 0 Å². The molecule has 0 unspecified atom stereocenters. The van der Waals surface area contributed by atoms with E-state index in [0.29, 0.717) is 0 Å². The number of carbonyl (C=O) groups is 2. The minimum absolute atomic E-state index is 0. The molecule has 0 saturated carbocycles. The Hall–Kier alpha value is -3.02. The summed E-state index contributed by atoms with van der Waals surface area (Å²) < 4.78 is 0. The SMILES string of the molecule is CN(C)c1ccc(/C=C/C(=O)[O-])cc1.CN(C)c1ccc(/C=C/C(=O)[O-])cc1.[Cu+2]. The van der Waals surface area contributed by atoms with Crippen LogP contribution in [0.5, 0.6) is 0 Å². The first-order chi connectivity index (χ1) is 13.2. The summed E-state index contributed by atoms with van der Waals surface area (Å²) in [5.74, 6) is -2.36. The fraction of sp³-hybridized carbons (Fsp3) is 0.182. The molecule has 0 aromatic heterocycles. The topological polar surface area (TPSA) is 86.7 Å². The molecule has 2 rings (SSSR count). The minimum Gasteiger partial charge on any atom is -0.545 e. The monoisotopic (exact) mass is 443 g/mol. The van der Waals surface area contributed by atoms with Gasteiger partial charge in [0, 0.05) is 39.6 Å². The summed E-state index contributed by atoms with van der Waals surface area (Å²) in [5, 5.41) is 20.3. The van der Waals surface area contributed by atoms with Crippen LogP contribution in [0.3, 0.4) is 0 Å². The second-order valence-electron chi connectivity index (χ2n) is 6.28. The molecule has 0 atom stereocenters. The second-order valence-corrected chi connectivity index (χ2v) is 6.28. The van der Waals surface area contributed by atoms with Crippen LogP contribution in [0.2, 0.25) is 0 Å². The van der Waals surface area contributed by atoms with Gasteiger partial charge in [0.25, 0.3) is 0 Å². The molecule has 29 heavy (non-hydrogen) atoms. The van der Waals surface area contributed by atoms with Crippen LogP contribution >= 0.6 is 0 Å². The third kappa shape index (κ3) is 10.8. The first-order valence-electron chi connectivity index (χ1n) is 8.52. The van der Waals surface area contributed by atoms with Gasteiger partial charge in [-0.25, -0.2) is 0 Å². The van der Waals surface area contributed by atoms with Gasteiger partial charge in [-0.1, -0.05) is 36.4 Å². The minimum atomic E-state index is -1.18. The largest absolute Gasteiger partial charge is 2.00 e. The second kappa shape index (κ2) is 13.2. The number of carboxylic acids is 2. The van der Waals surface area contributed by atoms with Crippen molar-refractivity contribution >= 4 is 35.5 Å². The first-order valence-corrected chi connectivity index (χ1v) is 8.52. The molecule has 0 fully saturated rings.